The second-order valence-electron chi connectivity index (χ2n) is 3.08. The summed E-state index contributed by atoms with van der Waals surface area (Å²) in [6, 6.07) is -0.0278. The van der Waals surface area contributed by atoms with Gasteiger partial charge in [-0.3, -0.25) is 0 Å². The molecule has 0 aliphatic rings. The summed E-state index contributed by atoms with van der Waals surface area (Å²) in [5.41, 5.74) is 7.13. The Kier molecular flexibility index (Phi) is 3.91. The number of nitrogens with two attached hydrogens (primary N) is 1. The molecule has 0 radical (unpaired) electrons. The van der Waals surface area contributed by atoms with Crippen LogP contribution in [0, 0.1) is 13.8 Å². The predicted octanol–water partition coefficient (Wildman–Crippen LogP) is 2.51. The molecule has 1 rings (SSSR count). The summed E-state index contributed by atoms with van der Waals surface area (Å²) in [5.74, 6) is 0. The average molecular weight is 264 g/mol. The van der Waals surface area contributed by atoms with Gasteiger partial charge in [-0.1, -0.05) is 0 Å². The van der Waals surface area contributed by atoms with Crippen molar-refractivity contribution in [2.75, 3.05) is 6.61 Å². The lowest BCUT2D eigenvalue weighted by molar-refractivity contribution is 0.277. The molecule has 0 aliphatic carbocycles. The third kappa shape index (κ3) is 2.31. The molecule has 1 aromatic heterocycles. The van der Waals surface area contributed by atoms with Gasteiger partial charge >= 0.3 is 0 Å². The van der Waals surface area contributed by atoms with Crippen molar-refractivity contribution in [1.29, 1.82) is 0 Å². The van der Waals surface area contributed by atoms with E-state index in [1.807, 2.05) is 0 Å². The molecule has 0 aliphatic heterocycles. The van der Waals surface area contributed by atoms with Crippen LogP contribution in [0.25, 0.3) is 0 Å². The van der Waals surface area contributed by atoms with Crippen LogP contribution in [0.1, 0.15) is 27.8 Å². The zero-order valence-corrected chi connectivity index (χ0v) is 10.2. The smallest absolute Gasteiger partial charge is 0.0449 e. The van der Waals surface area contributed by atoms with Crippen LogP contribution in [0.5, 0.6) is 0 Å². The summed E-state index contributed by atoms with van der Waals surface area (Å²) >= 11 is 5.22. The predicted molar refractivity (Wildman–Crippen MR) is 60.1 cm³/mol. The maximum atomic E-state index is 8.78. The van der Waals surface area contributed by atoms with Gasteiger partial charge in [-0.25, -0.2) is 0 Å². The third-order valence-electron chi connectivity index (χ3n) is 2.05. The van der Waals surface area contributed by atoms with E-state index in [2.05, 4.69) is 29.8 Å². The van der Waals surface area contributed by atoms with Crippen LogP contribution in [0.4, 0.5) is 0 Å². The van der Waals surface area contributed by atoms with Crippen molar-refractivity contribution in [2.24, 2.45) is 5.73 Å². The Morgan fingerprint density at radius 1 is 1.54 bits per heavy atom. The number of aliphatic hydroxyl groups is 1. The number of halogens is 1. The summed E-state index contributed by atoms with van der Waals surface area (Å²) < 4.78 is 1.15. The van der Waals surface area contributed by atoms with E-state index in [0.29, 0.717) is 6.42 Å². The molecule has 0 saturated carbocycles. The first-order chi connectivity index (χ1) is 6.07. The molecule has 13 heavy (non-hydrogen) atoms. The molecular weight excluding hydrogens is 250 g/mol. The summed E-state index contributed by atoms with van der Waals surface area (Å²) in [4.78, 5) is 2.43. The van der Waals surface area contributed by atoms with Crippen LogP contribution >= 0.6 is 27.3 Å². The molecule has 4 heteroatoms. The molecule has 0 amide bonds. The maximum Gasteiger partial charge on any atom is 0.0449 e. The van der Waals surface area contributed by atoms with E-state index in [0.717, 1.165) is 4.47 Å². The number of rotatable bonds is 3. The Hall–Kier alpha value is 0.100. The highest BCUT2D eigenvalue weighted by Crippen LogP contribution is 2.35. The van der Waals surface area contributed by atoms with Crippen molar-refractivity contribution in [2.45, 2.75) is 26.3 Å². The summed E-state index contributed by atoms with van der Waals surface area (Å²) in [7, 11) is 0. The highest BCUT2D eigenvalue weighted by atomic mass is 79.9. The zero-order chi connectivity index (χ0) is 10.0. The summed E-state index contributed by atoms with van der Waals surface area (Å²) in [6.45, 7) is 4.27. The summed E-state index contributed by atoms with van der Waals surface area (Å²) in [5, 5.41) is 8.78. The van der Waals surface area contributed by atoms with Gasteiger partial charge in [0.2, 0.25) is 0 Å². The lowest BCUT2D eigenvalue weighted by Crippen LogP contribution is -2.11. The fourth-order valence-corrected chi connectivity index (χ4v) is 2.97. The fourth-order valence-electron chi connectivity index (χ4n) is 1.28. The van der Waals surface area contributed by atoms with Crippen LogP contribution in [0.2, 0.25) is 0 Å². The second-order valence-corrected chi connectivity index (χ2v) is 5.13. The van der Waals surface area contributed by atoms with Crippen molar-refractivity contribution >= 4 is 27.3 Å². The topological polar surface area (TPSA) is 46.2 Å². The van der Waals surface area contributed by atoms with Gasteiger partial charge in [-0.15, -0.1) is 11.3 Å². The second kappa shape index (κ2) is 4.55. The molecule has 1 atom stereocenters. The van der Waals surface area contributed by atoms with Gasteiger partial charge < -0.3 is 10.8 Å². The van der Waals surface area contributed by atoms with Crippen LogP contribution < -0.4 is 5.73 Å². The number of aryl methyl sites for hydroxylation is 1. The monoisotopic (exact) mass is 263 g/mol. The van der Waals surface area contributed by atoms with Gasteiger partial charge in [0.25, 0.3) is 0 Å². The fraction of sp³-hybridized carbons (Fsp3) is 0.556. The van der Waals surface area contributed by atoms with Gasteiger partial charge in [-0.05, 0) is 41.8 Å². The number of thiophene rings is 1. The standard InChI is InChI=1S/C9H14BrNOS/c1-5-8(10)6(2)13-9(5)7(11)3-4-12/h7,12H,3-4,11H2,1-2H3. The molecule has 0 saturated heterocycles. The van der Waals surface area contributed by atoms with Gasteiger partial charge in [0.1, 0.15) is 0 Å². The maximum absolute atomic E-state index is 8.78. The zero-order valence-electron chi connectivity index (χ0n) is 7.80. The summed E-state index contributed by atoms with van der Waals surface area (Å²) in [6.07, 6.45) is 0.632. The van der Waals surface area contributed by atoms with Crippen LogP contribution in [0.15, 0.2) is 4.47 Å². The van der Waals surface area contributed by atoms with E-state index in [9.17, 15) is 0 Å². The van der Waals surface area contributed by atoms with E-state index >= 15 is 0 Å². The average Bonchev–Trinajstić information content (AvgIpc) is 2.33. The van der Waals surface area contributed by atoms with E-state index in [4.69, 9.17) is 10.8 Å². The molecule has 0 aromatic carbocycles. The molecule has 0 bridgehead atoms. The Bertz CT molecular complexity index is 298. The van der Waals surface area contributed by atoms with Gasteiger partial charge in [0.05, 0.1) is 0 Å². The van der Waals surface area contributed by atoms with E-state index < -0.39 is 0 Å². The molecule has 3 N–H and O–H groups in total. The van der Waals surface area contributed by atoms with Crippen molar-refractivity contribution in [3.05, 3.63) is 19.8 Å². The van der Waals surface area contributed by atoms with Crippen LogP contribution in [0.3, 0.4) is 0 Å². The van der Waals surface area contributed by atoms with Gasteiger partial charge in [-0.2, -0.15) is 0 Å². The normalized spacial score (nSPS) is 13.3. The van der Waals surface area contributed by atoms with Crippen molar-refractivity contribution in [3.63, 3.8) is 0 Å². The minimum absolute atomic E-state index is 0.0278. The molecular formula is C9H14BrNOS. The Morgan fingerprint density at radius 2 is 2.15 bits per heavy atom. The molecule has 0 fully saturated rings. The largest absolute Gasteiger partial charge is 0.396 e. The van der Waals surface area contributed by atoms with Crippen LogP contribution in [-0.2, 0) is 0 Å². The molecule has 2 nitrogen and oxygen atoms in total. The Balaban J connectivity index is 2.94. The van der Waals surface area contributed by atoms with Crippen LogP contribution in [-0.4, -0.2) is 11.7 Å². The molecule has 74 valence electrons. The van der Waals surface area contributed by atoms with E-state index in [1.54, 1.807) is 11.3 Å². The highest BCUT2D eigenvalue weighted by molar-refractivity contribution is 9.10. The van der Waals surface area contributed by atoms with Gasteiger partial charge in [0.15, 0.2) is 0 Å². The molecule has 0 spiro atoms. The van der Waals surface area contributed by atoms with Gasteiger partial charge in [0, 0.05) is 26.9 Å². The van der Waals surface area contributed by atoms with Crippen molar-refractivity contribution in [1.82, 2.24) is 0 Å². The Morgan fingerprint density at radius 3 is 2.54 bits per heavy atom. The van der Waals surface area contributed by atoms with E-state index in [1.165, 1.54) is 15.3 Å². The lowest BCUT2D eigenvalue weighted by Gasteiger charge is -2.08. The van der Waals surface area contributed by atoms with E-state index in [-0.39, 0.29) is 12.6 Å². The highest BCUT2D eigenvalue weighted by Gasteiger charge is 2.15. The molecule has 1 heterocycles. The first-order valence-electron chi connectivity index (χ1n) is 4.19. The number of hydrogen-bond acceptors (Lipinski definition) is 3. The van der Waals surface area contributed by atoms with Crippen molar-refractivity contribution in [3.8, 4) is 0 Å². The van der Waals surface area contributed by atoms with Crippen molar-refractivity contribution < 1.29 is 5.11 Å². The first kappa shape index (κ1) is 11.2. The lowest BCUT2D eigenvalue weighted by atomic mass is 10.1. The quantitative estimate of drug-likeness (QED) is 0.881. The molecule has 1 unspecified atom stereocenters. The Labute approximate surface area is 90.9 Å². The first-order valence-corrected chi connectivity index (χ1v) is 5.80. The SMILES string of the molecule is Cc1sc(C(N)CCO)c(C)c1Br. The number of aliphatic hydroxyl groups excluding tert-OH is 1. The number of hydrogen-bond donors (Lipinski definition) is 2. The third-order valence-corrected chi connectivity index (χ3v) is 4.84. The minimum Gasteiger partial charge on any atom is -0.396 e. The molecule has 1 aromatic rings. The minimum atomic E-state index is -0.0278.